The van der Waals surface area contributed by atoms with E-state index in [1.54, 1.807) is 31.5 Å². The molecule has 0 bridgehead atoms. The number of carbonyl (C=O) groups is 2. The Kier molecular flexibility index (Phi) is 6.56. The van der Waals surface area contributed by atoms with Crippen molar-refractivity contribution < 1.29 is 19.4 Å². The maximum absolute atomic E-state index is 13.6. The van der Waals surface area contributed by atoms with E-state index < -0.39 is 23.6 Å². The average molecular weight is 450 g/mol. The Hall–Kier alpha value is -2.65. The highest BCUT2D eigenvalue weighted by atomic mass is 35.5. The number of β-amino-alcohol motifs (C(OH)–C–C–N with tert-alkyl or cyclic N) is 1. The third kappa shape index (κ3) is 4.67. The van der Waals surface area contributed by atoms with Crippen LogP contribution in [0.1, 0.15) is 33.2 Å². The van der Waals surface area contributed by atoms with Gasteiger partial charge in [0.15, 0.2) is 0 Å². The number of amides is 2. The van der Waals surface area contributed by atoms with Gasteiger partial charge >= 0.3 is 0 Å². The predicted molar refractivity (Wildman–Crippen MR) is 116 cm³/mol. The molecule has 0 radical (unpaired) electrons. The zero-order valence-corrected chi connectivity index (χ0v) is 19.1. The van der Waals surface area contributed by atoms with Crippen LogP contribution in [0, 0.1) is 5.41 Å². The fourth-order valence-electron chi connectivity index (χ4n) is 3.87. The molecule has 2 aromatic rings. The minimum absolute atomic E-state index is 0.0926. The summed E-state index contributed by atoms with van der Waals surface area (Å²) in [5.74, 6) is 0.0218. The van der Waals surface area contributed by atoms with Crippen molar-refractivity contribution in [2.45, 2.75) is 45.4 Å². The normalized spacial score (nSPS) is 19.9. The summed E-state index contributed by atoms with van der Waals surface area (Å²) in [6.45, 7) is 5.84. The molecule has 31 heavy (non-hydrogen) atoms. The summed E-state index contributed by atoms with van der Waals surface area (Å²) in [4.78, 5) is 27.3. The smallest absolute Gasteiger partial charge is 0.248 e. The summed E-state index contributed by atoms with van der Waals surface area (Å²) in [5, 5.41) is 21.6. The van der Waals surface area contributed by atoms with E-state index in [2.05, 4.69) is 15.6 Å². The number of nitrogens with one attached hydrogen (secondary N) is 1. The summed E-state index contributed by atoms with van der Waals surface area (Å²) in [6, 6.07) is 3.77. The van der Waals surface area contributed by atoms with E-state index in [1.807, 2.05) is 20.8 Å². The molecule has 168 valence electrons. The van der Waals surface area contributed by atoms with Crippen molar-refractivity contribution in [1.29, 1.82) is 0 Å². The van der Waals surface area contributed by atoms with E-state index in [9.17, 15) is 14.7 Å². The molecule has 2 N–H and O–H groups in total. The first-order valence-corrected chi connectivity index (χ1v) is 10.4. The number of ether oxygens (including phenoxy) is 1. The Labute approximate surface area is 186 Å². The number of aliphatic hydroxyl groups is 1. The molecule has 2 amide bonds. The molecule has 3 atom stereocenters. The lowest BCUT2D eigenvalue weighted by molar-refractivity contribution is -0.144. The van der Waals surface area contributed by atoms with Crippen molar-refractivity contribution in [2.75, 3.05) is 20.7 Å². The zero-order valence-electron chi connectivity index (χ0n) is 18.3. The molecule has 2 unspecified atom stereocenters. The van der Waals surface area contributed by atoms with Crippen LogP contribution in [-0.4, -0.2) is 69.7 Å². The molecular formula is C21H28ClN5O4. The third-order valence-electron chi connectivity index (χ3n) is 5.39. The van der Waals surface area contributed by atoms with Crippen LogP contribution in [0.3, 0.4) is 0 Å². The van der Waals surface area contributed by atoms with Gasteiger partial charge < -0.3 is 20.1 Å². The highest BCUT2D eigenvalue weighted by Crippen LogP contribution is 2.36. The number of carbonyl (C=O) groups excluding carboxylic acids is 2. The molecule has 2 heterocycles. The van der Waals surface area contributed by atoms with E-state index in [-0.39, 0.29) is 24.8 Å². The molecule has 1 aromatic carbocycles. The van der Waals surface area contributed by atoms with Crippen molar-refractivity contribution in [3.05, 3.63) is 29.4 Å². The first-order valence-electron chi connectivity index (χ1n) is 10.0. The fourth-order valence-corrected chi connectivity index (χ4v) is 4.13. The topological polar surface area (TPSA) is 110 Å². The number of hydrogen-bond acceptors (Lipinski definition) is 6. The number of halogens is 1. The van der Waals surface area contributed by atoms with E-state index in [0.29, 0.717) is 22.0 Å². The second-order valence-electron chi connectivity index (χ2n) is 8.71. The summed E-state index contributed by atoms with van der Waals surface area (Å²) in [7, 11) is 3.07. The molecule has 9 nitrogen and oxygen atoms in total. The zero-order chi connectivity index (χ0) is 22.9. The van der Waals surface area contributed by atoms with Gasteiger partial charge in [-0.2, -0.15) is 0 Å². The summed E-state index contributed by atoms with van der Waals surface area (Å²) in [6.07, 6.45) is 1.12. The van der Waals surface area contributed by atoms with E-state index in [0.717, 1.165) is 0 Å². The molecule has 1 aliphatic rings. The lowest BCUT2D eigenvalue weighted by Crippen LogP contribution is -2.49. The van der Waals surface area contributed by atoms with Crippen molar-refractivity contribution in [2.24, 2.45) is 5.41 Å². The van der Waals surface area contributed by atoms with Gasteiger partial charge in [0.1, 0.15) is 23.5 Å². The molecular weight excluding hydrogens is 422 g/mol. The number of rotatable bonds is 5. The van der Waals surface area contributed by atoms with Crippen LogP contribution < -0.4 is 10.1 Å². The van der Waals surface area contributed by atoms with Crippen LogP contribution in [0.25, 0.3) is 11.3 Å². The van der Waals surface area contributed by atoms with Crippen molar-refractivity contribution in [3.63, 3.8) is 0 Å². The van der Waals surface area contributed by atoms with Crippen LogP contribution in [0.2, 0.25) is 5.02 Å². The number of benzene rings is 1. The summed E-state index contributed by atoms with van der Waals surface area (Å²) < 4.78 is 6.68. The lowest BCUT2D eigenvalue weighted by Gasteiger charge is -2.34. The minimum atomic E-state index is -0.753. The number of nitrogens with zero attached hydrogens (tertiary/aromatic N) is 4. The van der Waals surface area contributed by atoms with Crippen molar-refractivity contribution >= 4 is 23.4 Å². The molecule has 1 aliphatic heterocycles. The SMILES string of the molecule is CNC(=O)C1CC(O)CN1C(=O)[C@@H](n1cc(-c2ccc(OC)cc2Cl)nn1)C(C)(C)C. The Morgan fingerprint density at radius 2 is 2.06 bits per heavy atom. The molecule has 10 heteroatoms. The van der Waals surface area contributed by atoms with Gasteiger partial charge in [-0.05, 0) is 23.6 Å². The first kappa shape index (κ1) is 23.0. The highest BCUT2D eigenvalue weighted by molar-refractivity contribution is 6.33. The Bertz CT molecular complexity index is 971. The molecule has 0 aliphatic carbocycles. The quantitative estimate of drug-likeness (QED) is 0.721. The van der Waals surface area contributed by atoms with Gasteiger partial charge in [0.2, 0.25) is 11.8 Å². The molecule has 1 fully saturated rings. The molecule has 0 saturated carbocycles. The number of aliphatic hydroxyl groups excluding tert-OH is 1. The van der Waals surface area contributed by atoms with Gasteiger partial charge in [0.25, 0.3) is 0 Å². The number of methoxy groups -OCH3 is 1. The van der Waals surface area contributed by atoms with Gasteiger partial charge in [-0.1, -0.05) is 37.6 Å². The van der Waals surface area contributed by atoms with Crippen molar-refractivity contribution in [3.8, 4) is 17.0 Å². The Morgan fingerprint density at radius 3 is 2.65 bits per heavy atom. The van der Waals surface area contributed by atoms with Gasteiger partial charge in [-0.15, -0.1) is 5.10 Å². The van der Waals surface area contributed by atoms with E-state index in [4.69, 9.17) is 16.3 Å². The van der Waals surface area contributed by atoms with E-state index in [1.165, 1.54) is 16.6 Å². The van der Waals surface area contributed by atoms with Crippen LogP contribution in [0.4, 0.5) is 0 Å². The lowest BCUT2D eigenvalue weighted by atomic mass is 9.85. The van der Waals surface area contributed by atoms with Crippen LogP contribution >= 0.6 is 11.6 Å². The molecule has 3 rings (SSSR count). The van der Waals surface area contributed by atoms with Crippen LogP contribution in [-0.2, 0) is 9.59 Å². The standard InChI is InChI=1S/C21H28ClN5O4/c1-21(2,3)18(20(30)26-10-12(28)8-17(26)19(29)23-4)27-11-16(24-25-27)14-7-6-13(31-5)9-15(14)22/h6-7,9,11-12,17-18,28H,8,10H2,1-5H3,(H,23,29)/t12?,17?,18-/m1/s1. The predicted octanol–water partition coefficient (Wildman–Crippen LogP) is 1.90. The average Bonchev–Trinajstić information content (AvgIpc) is 3.33. The molecule has 0 spiro atoms. The highest BCUT2D eigenvalue weighted by Gasteiger charge is 2.45. The third-order valence-corrected chi connectivity index (χ3v) is 5.71. The monoisotopic (exact) mass is 449 g/mol. The van der Waals surface area contributed by atoms with E-state index >= 15 is 0 Å². The van der Waals surface area contributed by atoms with Gasteiger partial charge in [0, 0.05) is 25.6 Å². The fraction of sp³-hybridized carbons (Fsp3) is 0.524. The second-order valence-corrected chi connectivity index (χ2v) is 9.12. The maximum atomic E-state index is 13.6. The number of aromatic nitrogens is 3. The van der Waals surface area contributed by atoms with Gasteiger partial charge in [-0.25, -0.2) is 4.68 Å². The largest absolute Gasteiger partial charge is 0.497 e. The van der Waals surface area contributed by atoms with Crippen LogP contribution in [0.5, 0.6) is 5.75 Å². The molecule has 1 saturated heterocycles. The van der Waals surface area contributed by atoms with Crippen LogP contribution in [0.15, 0.2) is 24.4 Å². The first-order chi connectivity index (χ1) is 14.6. The minimum Gasteiger partial charge on any atom is -0.497 e. The number of likely N-dealkylation sites (tertiary alicyclic amines) is 1. The van der Waals surface area contributed by atoms with Gasteiger partial charge in [-0.3, -0.25) is 9.59 Å². The maximum Gasteiger partial charge on any atom is 0.248 e. The Morgan fingerprint density at radius 1 is 1.35 bits per heavy atom. The molecule has 1 aromatic heterocycles. The number of hydrogen-bond donors (Lipinski definition) is 2. The number of likely N-dealkylation sites (N-methyl/N-ethyl adjacent to an activating group) is 1. The van der Waals surface area contributed by atoms with Crippen molar-refractivity contribution in [1.82, 2.24) is 25.2 Å². The summed E-state index contributed by atoms with van der Waals surface area (Å²) in [5.41, 5.74) is 0.639. The Balaban J connectivity index is 1.96. The summed E-state index contributed by atoms with van der Waals surface area (Å²) >= 11 is 6.37. The van der Waals surface area contributed by atoms with Gasteiger partial charge in [0.05, 0.1) is 24.4 Å². The second kappa shape index (κ2) is 8.84.